The predicted molar refractivity (Wildman–Crippen MR) is 130 cm³/mol. The SMILES string of the molecule is CN1CCN(NC(=O)c2c(=O)c3ccc(N4CCOCC4)nc3n3c2[nH]c2ccccc23)CC1. The maximum Gasteiger partial charge on any atom is 0.273 e. The van der Waals surface area contributed by atoms with Gasteiger partial charge >= 0.3 is 0 Å². The molecule has 0 bridgehead atoms. The van der Waals surface area contributed by atoms with Gasteiger partial charge in [-0.05, 0) is 31.3 Å². The van der Waals surface area contributed by atoms with Gasteiger partial charge in [0.05, 0.1) is 29.6 Å². The minimum Gasteiger partial charge on any atom is -0.378 e. The number of nitrogens with zero attached hydrogens (tertiary/aromatic N) is 5. The number of rotatable bonds is 3. The van der Waals surface area contributed by atoms with E-state index in [2.05, 4.69) is 27.3 Å². The second-order valence-electron chi connectivity index (χ2n) is 8.90. The number of ether oxygens (including phenoxy) is 1. The zero-order chi connectivity index (χ0) is 23.2. The average Bonchev–Trinajstić information content (AvgIpc) is 3.25. The quantitative estimate of drug-likeness (QED) is 0.471. The van der Waals surface area contributed by atoms with Crippen molar-refractivity contribution in [1.82, 2.24) is 29.7 Å². The van der Waals surface area contributed by atoms with Crippen molar-refractivity contribution in [3.05, 3.63) is 52.2 Å². The number of likely N-dealkylation sites (N-methyl/N-ethyl adjacent to an activating group) is 1. The summed E-state index contributed by atoms with van der Waals surface area (Å²) in [4.78, 5) is 39.6. The summed E-state index contributed by atoms with van der Waals surface area (Å²) < 4.78 is 7.37. The lowest BCUT2D eigenvalue weighted by Crippen LogP contribution is -2.53. The molecular weight excluding hydrogens is 434 g/mol. The van der Waals surface area contributed by atoms with Crippen LogP contribution in [0.4, 0.5) is 5.82 Å². The van der Waals surface area contributed by atoms with Gasteiger partial charge in [0.1, 0.15) is 17.0 Å². The number of benzene rings is 1. The van der Waals surface area contributed by atoms with Crippen LogP contribution < -0.4 is 15.8 Å². The number of H-pyrrole nitrogens is 1. The van der Waals surface area contributed by atoms with Gasteiger partial charge in [-0.2, -0.15) is 0 Å². The molecule has 34 heavy (non-hydrogen) atoms. The third-order valence-electron chi connectivity index (χ3n) is 6.73. The Morgan fingerprint density at radius 2 is 1.79 bits per heavy atom. The number of aromatic nitrogens is 3. The second kappa shape index (κ2) is 8.39. The Morgan fingerprint density at radius 1 is 1.03 bits per heavy atom. The molecule has 0 spiro atoms. The molecule has 0 saturated carbocycles. The van der Waals surface area contributed by atoms with Crippen molar-refractivity contribution < 1.29 is 9.53 Å². The topological polar surface area (TPSA) is 98.2 Å². The molecule has 2 fully saturated rings. The summed E-state index contributed by atoms with van der Waals surface area (Å²) in [6.45, 7) is 5.90. The standard InChI is InChI=1S/C24H27N7O3/c1-28-8-10-30(11-9-28)27-24(33)20-21(32)16-6-7-19(29-12-14-34-15-13-29)26-22(16)31-18-5-3-2-4-17(18)25-23(20)31/h2-7,25H,8-15H2,1H3,(H,27,33). The molecule has 3 aromatic heterocycles. The third kappa shape index (κ3) is 3.51. The molecule has 1 aromatic carbocycles. The first-order valence-corrected chi connectivity index (χ1v) is 11.6. The maximum atomic E-state index is 13.6. The number of imidazole rings is 1. The van der Waals surface area contributed by atoms with Crippen LogP contribution in [0.3, 0.4) is 0 Å². The molecule has 10 nitrogen and oxygen atoms in total. The molecule has 10 heteroatoms. The molecule has 1 amide bonds. The number of morpholine rings is 1. The minimum absolute atomic E-state index is 0.101. The Labute approximate surface area is 195 Å². The van der Waals surface area contributed by atoms with Crippen LogP contribution in [0, 0.1) is 0 Å². The second-order valence-corrected chi connectivity index (χ2v) is 8.90. The monoisotopic (exact) mass is 461 g/mol. The van der Waals surface area contributed by atoms with E-state index in [1.54, 1.807) is 6.07 Å². The van der Waals surface area contributed by atoms with Gasteiger partial charge in [-0.3, -0.25) is 19.4 Å². The average molecular weight is 462 g/mol. The fourth-order valence-electron chi connectivity index (χ4n) is 4.80. The zero-order valence-corrected chi connectivity index (χ0v) is 19.1. The maximum absolute atomic E-state index is 13.6. The van der Waals surface area contributed by atoms with Crippen molar-refractivity contribution in [2.75, 3.05) is 64.4 Å². The van der Waals surface area contributed by atoms with Gasteiger partial charge in [0.25, 0.3) is 5.91 Å². The van der Waals surface area contributed by atoms with E-state index in [4.69, 9.17) is 9.72 Å². The summed E-state index contributed by atoms with van der Waals surface area (Å²) in [5, 5.41) is 2.30. The molecule has 2 saturated heterocycles. The van der Waals surface area contributed by atoms with Crippen LogP contribution in [0.5, 0.6) is 0 Å². The fourth-order valence-corrected chi connectivity index (χ4v) is 4.80. The van der Waals surface area contributed by atoms with E-state index >= 15 is 0 Å². The van der Waals surface area contributed by atoms with Crippen molar-refractivity contribution >= 4 is 39.4 Å². The van der Waals surface area contributed by atoms with Gasteiger partial charge in [0.2, 0.25) is 5.43 Å². The van der Waals surface area contributed by atoms with Gasteiger partial charge in [-0.1, -0.05) is 12.1 Å². The van der Waals surface area contributed by atoms with E-state index in [0.717, 1.165) is 43.0 Å². The Kier molecular flexibility index (Phi) is 5.20. The molecule has 2 aliphatic rings. The van der Waals surface area contributed by atoms with Gasteiger partial charge in [0.15, 0.2) is 5.65 Å². The summed E-state index contributed by atoms with van der Waals surface area (Å²) in [5.74, 6) is 0.390. The normalized spacial score (nSPS) is 18.2. The van der Waals surface area contributed by atoms with E-state index in [9.17, 15) is 9.59 Å². The predicted octanol–water partition coefficient (Wildman–Crippen LogP) is 1.06. The first-order chi connectivity index (χ1) is 16.6. The summed E-state index contributed by atoms with van der Waals surface area (Å²) in [6.07, 6.45) is 0. The highest BCUT2D eigenvalue weighted by Crippen LogP contribution is 2.25. The molecule has 4 aromatic rings. The van der Waals surface area contributed by atoms with Crippen LogP contribution >= 0.6 is 0 Å². The van der Waals surface area contributed by atoms with Crippen molar-refractivity contribution in [3.63, 3.8) is 0 Å². The number of carbonyl (C=O) groups is 1. The van der Waals surface area contributed by atoms with E-state index in [0.29, 0.717) is 43.0 Å². The highest BCUT2D eigenvalue weighted by molar-refractivity contribution is 6.05. The first-order valence-electron chi connectivity index (χ1n) is 11.6. The van der Waals surface area contributed by atoms with Crippen molar-refractivity contribution in [2.24, 2.45) is 0 Å². The Balaban J connectivity index is 1.53. The number of aromatic amines is 1. The number of amides is 1. The van der Waals surface area contributed by atoms with Crippen LogP contribution in [0.2, 0.25) is 0 Å². The number of hydrogen-bond donors (Lipinski definition) is 2. The highest BCUT2D eigenvalue weighted by Gasteiger charge is 2.25. The van der Waals surface area contributed by atoms with Gasteiger partial charge < -0.3 is 19.5 Å². The number of carbonyl (C=O) groups excluding carboxylic acids is 1. The highest BCUT2D eigenvalue weighted by atomic mass is 16.5. The number of anilines is 1. The number of nitrogens with one attached hydrogen (secondary N) is 2. The van der Waals surface area contributed by atoms with Crippen LogP contribution in [-0.4, -0.2) is 89.7 Å². The fraction of sp³-hybridized carbons (Fsp3) is 0.375. The Hall–Kier alpha value is -3.47. The summed E-state index contributed by atoms with van der Waals surface area (Å²) in [5.41, 5.74) is 5.42. The Morgan fingerprint density at radius 3 is 2.59 bits per heavy atom. The van der Waals surface area contributed by atoms with Crippen LogP contribution in [-0.2, 0) is 4.74 Å². The summed E-state index contributed by atoms with van der Waals surface area (Å²) in [6, 6.07) is 11.4. The van der Waals surface area contributed by atoms with E-state index in [1.807, 2.05) is 39.7 Å². The Bertz CT molecular complexity index is 1450. The summed E-state index contributed by atoms with van der Waals surface area (Å²) in [7, 11) is 2.06. The largest absolute Gasteiger partial charge is 0.378 e. The lowest BCUT2D eigenvalue weighted by atomic mass is 10.1. The van der Waals surface area contributed by atoms with Crippen molar-refractivity contribution in [1.29, 1.82) is 0 Å². The number of fused-ring (bicyclic) bond motifs is 5. The smallest absolute Gasteiger partial charge is 0.273 e. The van der Waals surface area contributed by atoms with Gasteiger partial charge in [0, 0.05) is 39.3 Å². The molecule has 2 N–H and O–H groups in total. The lowest BCUT2D eigenvalue weighted by molar-refractivity contribution is 0.0663. The molecule has 6 rings (SSSR count). The van der Waals surface area contributed by atoms with Crippen LogP contribution in [0.1, 0.15) is 10.4 Å². The van der Waals surface area contributed by atoms with Crippen molar-refractivity contribution in [3.8, 4) is 0 Å². The number of para-hydroxylation sites is 2. The first kappa shape index (κ1) is 21.1. The molecule has 0 unspecified atom stereocenters. The van der Waals surface area contributed by atoms with Gasteiger partial charge in [-0.15, -0.1) is 0 Å². The third-order valence-corrected chi connectivity index (χ3v) is 6.73. The molecule has 2 aliphatic heterocycles. The van der Waals surface area contributed by atoms with Crippen molar-refractivity contribution in [2.45, 2.75) is 0 Å². The molecule has 0 atom stereocenters. The van der Waals surface area contributed by atoms with E-state index in [1.165, 1.54) is 0 Å². The number of hydrogen-bond acceptors (Lipinski definition) is 7. The van der Waals surface area contributed by atoms with Crippen LogP contribution in [0.15, 0.2) is 41.2 Å². The van der Waals surface area contributed by atoms with E-state index in [-0.39, 0.29) is 11.0 Å². The minimum atomic E-state index is -0.405. The number of piperazine rings is 1. The number of hydrazine groups is 1. The zero-order valence-electron chi connectivity index (χ0n) is 19.1. The molecule has 0 radical (unpaired) electrons. The molecule has 0 aliphatic carbocycles. The number of pyridine rings is 2. The van der Waals surface area contributed by atoms with Gasteiger partial charge in [-0.25, -0.2) is 9.99 Å². The summed E-state index contributed by atoms with van der Waals surface area (Å²) >= 11 is 0. The molecule has 5 heterocycles. The van der Waals surface area contributed by atoms with E-state index < -0.39 is 5.91 Å². The van der Waals surface area contributed by atoms with Crippen LogP contribution in [0.25, 0.3) is 27.7 Å². The molecular formula is C24H27N7O3. The lowest BCUT2D eigenvalue weighted by Gasteiger charge is -2.32. The molecule has 176 valence electrons.